The molecule has 0 aliphatic carbocycles. The molecule has 2 N–H and O–H groups in total. The molecule has 0 radical (unpaired) electrons. The second-order valence-corrected chi connectivity index (χ2v) is 5.12. The number of fused-ring (bicyclic) bond motifs is 1. The lowest BCUT2D eigenvalue weighted by molar-refractivity contribution is 1.49. The lowest BCUT2D eigenvalue weighted by Gasteiger charge is -2.09. The molecule has 0 fully saturated rings. The van der Waals surface area contributed by atoms with E-state index in [1.54, 1.807) is 0 Å². The van der Waals surface area contributed by atoms with Crippen molar-refractivity contribution in [2.24, 2.45) is 12.1 Å². The number of nitrogens with two attached hydrogens (primary N) is 1. The van der Waals surface area contributed by atoms with Crippen LogP contribution in [0.1, 0.15) is 5.56 Å². The maximum atomic E-state index is 5.85. The van der Waals surface area contributed by atoms with E-state index < -0.39 is 21.3 Å². The van der Waals surface area contributed by atoms with Crippen LogP contribution < -0.4 is 5.73 Å². The monoisotopic (exact) mass is 335 g/mol. The van der Waals surface area contributed by atoms with Crippen molar-refractivity contribution in [2.45, 2.75) is 0 Å². The highest BCUT2D eigenvalue weighted by atomic mass is 127. The number of amidine groups is 1. The quantitative estimate of drug-likeness (QED) is 0.793. The van der Waals surface area contributed by atoms with E-state index in [-0.39, 0.29) is 0 Å². The lowest BCUT2D eigenvalue weighted by Crippen LogP contribution is -2.13. The molecule has 0 atom stereocenters. The fraction of sp³-hybridized carbons (Fsp3) is 0. The van der Waals surface area contributed by atoms with Crippen LogP contribution in [0.15, 0.2) is 54.9 Å². The first-order valence-electron chi connectivity index (χ1n) is 5.22. The van der Waals surface area contributed by atoms with Gasteiger partial charge in [0.05, 0.1) is 5.69 Å². The highest BCUT2D eigenvalue weighted by molar-refractivity contribution is 14.1. The predicted molar refractivity (Wildman–Crippen MR) is 78.7 cm³/mol. The van der Waals surface area contributed by atoms with E-state index in [9.17, 15) is 0 Å². The van der Waals surface area contributed by atoms with Crippen molar-refractivity contribution < 1.29 is 0 Å². The summed E-state index contributed by atoms with van der Waals surface area (Å²) in [6.45, 7) is 0. The molecule has 2 aromatic rings. The van der Waals surface area contributed by atoms with Crippen LogP contribution in [0.25, 0.3) is 11.1 Å². The van der Waals surface area contributed by atoms with Crippen LogP contribution >= 0.6 is 21.3 Å². The SMILES string of the molecule is NC1=NI=Nc2cc(-c3ccccc3)ccc21. The summed E-state index contributed by atoms with van der Waals surface area (Å²) in [6, 6.07) is 16.4. The standard InChI is InChI=1S/C13H10IN3/c15-13-11-7-6-10(8-12(11)16-14-17-13)9-4-2-1-3-5-9/h1-8H,(H2,15,16,17). The van der Waals surface area contributed by atoms with E-state index in [0.717, 1.165) is 11.3 Å². The van der Waals surface area contributed by atoms with Gasteiger partial charge in [0.1, 0.15) is 27.1 Å². The van der Waals surface area contributed by atoms with E-state index >= 15 is 0 Å². The summed E-state index contributed by atoms with van der Waals surface area (Å²) in [7, 11) is 0. The molecule has 0 bridgehead atoms. The average molecular weight is 335 g/mol. The summed E-state index contributed by atoms with van der Waals surface area (Å²) in [5.74, 6) is 0.627. The molecule has 0 saturated carbocycles. The van der Waals surface area contributed by atoms with Gasteiger partial charge in [-0.1, -0.05) is 36.4 Å². The van der Waals surface area contributed by atoms with Gasteiger partial charge in [-0.25, -0.2) is 3.15 Å². The molecule has 0 unspecified atom stereocenters. The third-order valence-electron chi connectivity index (χ3n) is 2.64. The number of nitrogens with zero attached hydrogens (tertiary/aromatic N) is 2. The number of rotatable bonds is 1. The predicted octanol–water partition coefficient (Wildman–Crippen LogP) is 3.77. The van der Waals surface area contributed by atoms with E-state index in [1.807, 2.05) is 24.3 Å². The van der Waals surface area contributed by atoms with Crippen LogP contribution in [0, 0.1) is 0 Å². The van der Waals surface area contributed by atoms with Gasteiger partial charge in [0.2, 0.25) is 0 Å². The number of hydrogen-bond acceptors (Lipinski definition) is 3. The highest BCUT2D eigenvalue weighted by Gasteiger charge is 2.10. The number of halogens is 1. The third-order valence-corrected chi connectivity index (χ3v) is 4.11. The van der Waals surface area contributed by atoms with Crippen LogP contribution in [0.3, 0.4) is 0 Å². The van der Waals surface area contributed by atoms with Crippen LogP contribution in [0.5, 0.6) is 0 Å². The molecule has 3 rings (SSSR count). The van der Waals surface area contributed by atoms with Crippen molar-refractivity contribution in [1.29, 1.82) is 0 Å². The molecule has 2 aromatic carbocycles. The minimum atomic E-state index is -0.509. The van der Waals surface area contributed by atoms with Crippen LogP contribution in [0.4, 0.5) is 5.69 Å². The highest BCUT2D eigenvalue weighted by Crippen LogP contribution is 2.32. The molecule has 1 aliphatic rings. The van der Waals surface area contributed by atoms with E-state index in [2.05, 4.69) is 30.6 Å². The summed E-state index contributed by atoms with van der Waals surface area (Å²) < 4.78 is 8.68. The minimum absolute atomic E-state index is 0.509. The molecule has 4 heteroatoms. The second-order valence-electron chi connectivity index (χ2n) is 3.73. The van der Waals surface area contributed by atoms with Gasteiger partial charge < -0.3 is 5.73 Å². The minimum Gasteiger partial charge on any atom is -0.383 e. The van der Waals surface area contributed by atoms with Crippen LogP contribution in [-0.4, -0.2) is 5.84 Å². The Balaban J connectivity index is 2.12. The van der Waals surface area contributed by atoms with E-state index in [1.165, 1.54) is 11.1 Å². The Morgan fingerprint density at radius 3 is 2.59 bits per heavy atom. The topological polar surface area (TPSA) is 50.7 Å². The van der Waals surface area contributed by atoms with Gasteiger partial charge in [-0.3, -0.25) is 0 Å². The summed E-state index contributed by atoms with van der Waals surface area (Å²) >= 11 is -0.509. The Kier molecular flexibility index (Phi) is 2.72. The van der Waals surface area contributed by atoms with Gasteiger partial charge in [0, 0.05) is 5.56 Å². The van der Waals surface area contributed by atoms with E-state index in [4.69, 9.17) is 5.73 Å². The molecule has 0 spiro atoms. The van der Waals surface area contributed by atoms with Crippen molar-refractivity contribution in [3.8, 4) is 11.1 Å². The third kappa shape index (κ3) is 2.00. The van der Waals surface area contributed by atoms with Gasteiger partial charge in [0.15, 0.2) is 0 Å². The maximum Gasteiger partial charge on any atom is 0.145 e. The molecule has 17 heavy (non-hydrogen) atoms. The van der Waals surface area contributed by atoms with Gasteiger partial charge >= 0.3 is 0 Å². The molecule has 0 saturated heterocycles. The molecule has 0 aromatic heterocycles. The lowest BCUT2D eigenvalue weighted by atomic mass is 10.0. The van der Waals surface area contributed by atoms with Crippen molar-refractivity contribution in [3.63, 3.8) is 0 Å². The zero-order valence-electron chi connectivity index (χ0n) is 8.97. The van der Waals surface area contributed by atoms with Gasteiger partial charge in [-0.15, -0.1) is 0 Å². The Labute approximate surface area is 110 Å². The molecule has 1 heterocycles. The fourth-order valence-electron chi connectivity index (χ4n) is 1.77. The number of hydrogen-bond donors (Lipinski definition) is 1. The summed E-state index contributed by atoms with van der Waals surface area (Å²) in [6.07, 6.45) is 0. The van der Waals surface area contributed by atoms with Gasteiger partial charge in [-0.2, -0.15) is 3.21 Å². The summed E-state index contributed by atoms with van der Waals surface area (Å²) in [4.78, 5) is 0. The molecule has 0 amide bonds. The zero-order chi connectivity index (χ0) is 11.7. The molecule has 3 nitrogen and oxygen atoms in total. The van der Waals surface area contributed by atoms with Crippen molar-refractivity contribution in [3.05, 3.63) is 54.1 Å². The Morgan fingerprint density at radius 1 is 0.941 bits per heavy atom. The smallest absolute Gasteiger partial charge is 0.145 e. The normalized spacial score (nSPS) is 13.5. The van der Waals surface area contributed by atoms with Crippen LogP contribution in [-0.2, 0) is 0 Å². The molecular weight excluding hydrogens is 325 g/mol. The molecule has 1 aliphatic heterocycles. The largest absolute Gasteiger partial charge is 0.383 e. The number of benzene rings is 2. The summed E-state index contributed by atoms with van der Waals surface area (Å²) in [5.41, 5.74) is 10.2. The first-order valence-corrected chi connectivity index (χ1v) is 7.15. The maximum absolute atomic E-state index is 5.85. The van der Waals surface area contributed by atoms with Crippen molar-refractivity contribution in [2.75, 3.05) is 0 Å². The Morgan fingerprint density at radius 2 is 1.76 bits per heavy atom. The molecular formula is C13H10IN3. The second kappa shape index (κ2) is 4.37. The van der Waals surface area contributed by atoms with Crippen molar-refractivity contribution in [1.82, 2.24) is 0 Å². The first-order chi connectivity index (χ1) is 8.34. The van der Waals surface area contributed by atoms with Crippen LogP contribution in [0.2, 0.25) is 0 Å². The molecule has 84 valence electrons. The average Bonchev–Trinajstić information content (AvgIpc) is 2.40. The Hall–Kier alpha value is -1.56. The van der Waals surface area contributed by atoms with E-state index in [0.29, 0.717) is 5.84 Å². The zero-order valence-corrected chi connectivity index (χ0v) is 11.1. The first kappa shape index (κ1) is 10.6. The van der Waals surface area contributed by atoms with Gasteiger partial charge in [-0.05, 0) is 23.3 Å². The Bertz CT molecular complexity index is 618. The van der Waals surface area contributed by atoms with Gasteiger partial charge in [0.25, 0.3) is 0 Å². The van der Waals surface area contributed by atoms with Crippen molar-refractivity contribution >= 4 is 32.8 Å². The summed E-state index contributed by atoms with van der Waals surface area (Å²) in [5, 5.41) is 0. The fourth-order valence-corrected chi connectivity index (χ4v) is 3.01.